The number of hydrogen-bond acceptors (Lipinski definition) is 6. The minimum Gasteiger partial charge on any atom is -0.454 e. The van der Waals surface area contributed by atoms with Crippen LogP contribution in [0.5, 0.6) is 0 Å². The predicted octanol–water partition coefficient (Wildman–Crippen LogP) is 3.08. The second kappa shape index (κ2) is 10.4. The summed E-state index contributed by atoms with van der Waals surface area (Å²) in [4.78, 5) is 48.6. The minimum atomic E-state index is -0.930. The summed E-state index contributed by atoms with van der Waals surface area (Å²) >= 11 is 1.13. The van der Waals surface area contributed by atoms with E-state index in [1.807, 2.05) is 12.1 Å². The molecule has 9 heteroatoms. The number of nitrogens with two attached hydrogens (primary N) is 1. The molecule has 4 N–H and O–H groups in total. The number of hydrogen-bond donors (Lipinski definition) is 3. The third-order valence-corrected chi connectivity index (χ3v) is 5.58. The van der Waals surface area contributed by atoms with E-state index in [0.29, 0.717) is 5.56 Å². The topological polar surface area (TPSA) is 128 Å². The van der Waals surface area contributed by atoms with Crippen molar-refractivity contribution < 1.29 is 23.9 Å². The van der Waals surface area contributed by atoms with Crippen molar-refractivity contribution in [2.75, 3.05) is 11.9 Å². The van der Waals surface area contributed by atoms with Gasteiger partial charge in [-0.05, 0) is 40.5 Å². The molecule has 0 saturated heterocycles. The third-order valence-electron chi connectivity index (χ3n) is 4.75. The molecule has 1 unspecified atom stereocenters. The standard InChI is InChI=1S/C23H29N3O5S/c1-13(2)18(26-20(29)14-6-8-15(9-7-14)23(3,4)5)22(30)31-12-17(27)25-21-16(19(24)28)10-11-32-21/h6-11,13,18H,12H2,1-5H3,(H2,24,28)(H,25,27)(H,26,29). The Kier molecular flexibility index (Phi) is 8.15. The highest BCUT2D eigenvalue weighted by molar-refractivity contribution is 7.14. The van der Waals surface area contributed by atoms with E-state index in [9.17, 15) is 19.2 Å². The molecule has 0 radical (unpaired) electrons. The van der Waals surface area contributed by atoms with Gasteiger partial charge in [0.2, 0.25) is 0 Å². The number of benzene rings is 1. The van der Waals surface area contributed by atoms with E-state index in [0.717, 1.165) is 16.9 Å². The second-order valence-electron chi connectivity index (χ2n) is 8.71. The van der Waals surface area contributed by atoms with Gasteiger partial charge in [0.15, 0.2) is 6.61 Å². The van der Waals surface area contributed by atoms with Crippen molar-refractivity contribution >= 4 is 40.0 Å². The molecule has 1 atom stereocenters. The van der Waals surface area contributed by atoms with Crippen LogP contribution in [-0.2, 0) is 19.7 Å². The molecule has 0 aliphatic rings. The van der Waals surface area contributed by atoms with Crippen LogP contribution in [0.4, 0.5) is 5.00 Å². The lowest BCUT2D eigenvalue weighted by molar-refractivity contribution is -0.150. The average Bonchev–Trinajstić information content (AvgIpc) is 3.17. The van der Waals surface area contributed by atoms with Crippen LogP contribution in [0.2, 0.25) is 0 Å². The second-order valence-corrected chi connectivity index (χ2v) is 9.62. The maximum atomic E-state index is 12.6. The van der Waals surface area contributed by atoms with Gasteiger partial charge in [0.1, 0.15) is 11.0 Å². The van der Waals surface area contributed by atoms with Gasteiger partial charge in [-0.3, -0.25) is 14.4 Å². The highest BCUT2D eigenvalue weighted by Gasteiger charge is 2.27. The number of thiophene rings is 1. The maximum absolute atomic E-state index is 12.6. The fourth-order valence-electron chi connectivity index (χ4n) is 2.83. The van der Waals surface area contributed by atoms with Crippen LogP contribution < -0.4 is 16.4 Å². The molecule has 172 valence electrons. The van der Waals surface area contributed by atoms with E-state index >= 15 is 0 Å². The van der Waals surface area contributed by atoms with E-state index in [2.05, 4.69) is 31.4 Å². The number of amides is 3. The summed E-state index contributed by atoms with van der Waals surface area (Å²) in [6.45, 7) is 9.20. The van der Waals surface area contributed by atoms with Crippen LogP contribution in [-0.4, -0.2) is 36.3 Å². The molecule has 2 rings (SSSR count). The van der Waals surface area contributed by atoms with Gasteiger partial charge in [0.25, 0.3) is 17.7 Å². The van der Waals surface area contributed by atoms with Crippen LogP contribution in [0.1, 0.15) is 60.9 Å². The zero-order chi connectivity index (χ0) is 24.1. The molecular formula is C23H29N3O5S. The highest BCUT2D eigenvalue weighted by atomic mass is 32.1. The van der Waals surface area contributed by atoms with Gasteiger partial charge in [-0.2, -0.15) is 0 Å². The first-order valence-electron chi connectivity index (χ1n) is 10.2. The van der Waals surface area contributed by atoms with Gasteiger partial charge in [0.05, 0.1) is 5.56 Å². The maximum Gasteiger partial charge on any atom is 0.329 e. The number of rotatable bonds is 8. The Morgan fingerprint density at radius 2 is 1.69 bits per heavy atom. The Labute approximate surface area is 191 Å². The van der Waals surface area contributed by atoms with Gasteiger partial charge < -0.3 is 21.1 Å². The fourth-order valence-corrected chi connectivity index (χ4v) is 3.64. The normalized spacial score (nSPS) is 12.2. The molecule has 8 nitrogen and oxygen atoms in total. The van der Waals surface area contributed by atoms with Crippen LogP contribution >= 0.6 is 11.3 Å². The van der Waals surface area contributed by atoms with Gasteiger partial charge in [0, 0.05) is 5.56 Å². The third kappa shape index (κ3) is 6.65. The van der Waals surface area contributed by atoms with Gasteiger partial charge in [-0.25, -0.2) is 4.79 Å². The summed E-state index contributed by atoms with van der Waals surface area (Å²) in [6, 6.07) is 7.75. The van der Waals surface area contributed by atoms with Crippen molar-refractivity contribution in [2.45, 2.75) is 46.1 Å². The Morgan fingerprint density at radius 3 is 2.22 bits per heavy atom. The van der Waals surface area contributed by atoms with Crippen molar-refractivity contribution in [3.05, 3.63) is 52.4 Å². The molecule has 3 amide bonds. The summed E-state index contributed by atoms with van der Waals surface area (Å²) in [5.74, 6) is -2.68. The molecule has 0 bridgehead atoms. The summed E-state index contributed by atoms with van der Waals surface area (Å²) in [6.07, 6.45) is 0. The monoisotopic (exact) mass is 459 g/mol. The lowest BCUT2D eigenvalue weighted by Crippen LogP contribution is -2.46. The molecule has 0 aliphatic heterocycles. The molecule has 1 aromatic heterocycles. The summed E-state index contributed by atoms with van der Waals surface area (Å²) in [5, 5.41) is 7.07. The fraction of sp³-hybridized carbons (Fsp3) is 0.391. The van der Waals surface area contributed by atoms with Crippen LogP contribution in [0.15, 0.2) is 35.7 Å². The van der Waals surface area contributed by atoms with E-state index in [4.69, 9.17) is 10.5 Å². The minimum absolute atomic E-state index is 0.0405. The number of anilines is 1. The molecule has 1 aromatic carbocycles. The molecule has 0 aliphatic carbocycles. The number of primary amides is 1. The largest absolute Gasteiger partial charge is 0.454 e. The van der Waals surface area contributed by atoms with Crippen molar-refractivity contribution in [1.29, 1.82) is 0 Å². The Hall–Kier alpha value is -3.20. The number of nitrogens with one attached hydrogen (secondary N) is 2. The Bertz CT molecular complexity index is 990. The summed E-state index contributed by atoms with van der Waals surface area (Å²) in [5.41, 5.74) is 6.89. The molecule has 2 aromatic rings. The van der Waals surface area contributed by atoms with Crippen LogP contribution in [0, 0.1) is 5.92 Å². The molecule has 0 spiro atoms. The lowest BCUT2D eigenvalue weighted by Gasteiger charge is -2.22. The molecule has 1 heterocycles. The van der Waals surface area contributed by atoms with Crippen molar-refractivity contribution in [2.24, 2.45) is 11.7 Å². The smallest absolute Gasteiger partial charge is 0.329 e. The Morgan fingerprint density at radius 1 is 1.06 bits per heavy atom. The average molecular weight is 460 g/mol. The van der Waals surface area contributed by atoms with E-state index in [-0.39, 0.29) is 21.9 Å². The van der Waals surface area contributed by atoms with Crippen molar-refractivity contribution in [1.82, 2.24) is 5.32 Å². The van der Waals surface area contributed by atoms with Crippen LogP contribution in [0.3, 0.4) is 0 Å². The van der Waals surface area contributed by atoms with Gasteiger partial charge in [-0.1, -0.05) is 46.8 Å². The zero-order valence-electron chi connectivity index (χ0n) is 18.9. The quantitative estimate of drug-likeness (QED) is 0.523. The molecular weight excluding hydrogens is 430 g/mol. The highest BCUT2D eigenvalue weighted by Crippen LogP contribution is 2.23. The SMILES string of the molecule is CC(C)C(NC(=O)c1ccc(C(C)(C)C)cc1)C(=O)OCC(=O)Nc1sccc1C(N)=O. The predicted molar refractivity (Wildman–Crippen MR) is 124 cm³/mol. The molecule has 0 fully saturated rings. The first kappa shape index (κ1) is 25.1. The first-order chi connectivity index (χ1) is 14.9. The first-order valence-corrected chi connectivity index (χ1v) is 11.0. The van der Waals surface area contributed by atoms with Crippen molar-refractivity contribution in [3.8, 4) is 0 Å². The molecule has 32 heavy (non-hydrogen) atoms. The van der Waals surface area contributed by atoms with E-state index in [1.54, 1.807) is 31.4 Å². The van der Waals surface area contributed by atoms with E-state index < -0.39 is 36.3 Å². The van der Waals surface area contributed by atoms with Crippen molar-refractivity contribution in [3.63, 3.8) is 0 Å². The number of esters is 1. The summed E-state index contributed by atoms with van der Waals surface area (Å²) < 4.78 is 5.10. The zero-order valence-corrected chi connectivity index (χ0v) is 19.7. The number of ether oxygens (including phenoxy) is 1. The Balaban J connectivity index is 1.97. The van der Waals surface area contributed by atoms with E-state index in [1.165, 1.54) is 6.07 Å². The van der Waals surface area contributed by atoms with Gasteiger partial charge >= 0.3 is 5.97 Å². The van der Waals surface area contributed by atoms with Crippen LogP contribution in [0.25, 0.3) is 0 Å². The van der Waals surface area contributed by atoms with Gasteiger partial charge in [-0.15, -0.1) is 11.3 Å². The summed E-state index contributed by atoms with van der Waals surface area (Å²) in [7, 11) is 0. The number of carbonyl (C=O) groups excluding carboxylic acids is 4. The lowest BCUT2D eigenvalue weighted by atomic mass is 9.86. The molecule has 0 saturated carbocycles. The number of carbonyl (C=O) groups is 4.